The molecule has 1 aliphatic carbocycles. The summed E-state index contributed by atoms with van der Waals surface area (Å²) in [5.74, 6) is -0.977. The van der Waals surface area contributed by atoms with Crippen molar-refractivity contribution in [3.63, 3.8) is 0 Å². The minimum absolute atomic E-state index is 0.198. The summed E-state index contributed by atoms with van der Waals surface area (Å²) < 4.78 is 5.16. The number of urea groups is 1. The fourth-order valence-corrected chi connectivity index (χ4v) is 2.57. The summed E-state index contributed by atoms with van der Waals surface area (Å²) >= 11 is 0. The summed E-state index contributed by atoms with van der Waals surface area (Å²) in [6.07, 6.45) is 2.61. The highest BCUT2D eigenvalue weighted by Crippen LogP contribution is 2.24. The summed E-state index contributed by atoms with van der Waals surface area (Å²) in [6, 6.07) is -0.453. The number of likely N-dealkylation sites (tertiary alicyclic amines) is 1. The molecular weight excluding hydrogens is 262 g/mol. The largest absolute Gasteiger partial charge is 0.480 e. The van der Waals surface area contributed by atoms with Crippen LogP contribution in [-0.4, -0.2) is 78.9 Å². The zero-order valence-electron chi connectivity index (χ0n) is 12.0. The van der Waals surface area contributed by atoms with Gasteiger partial charge in [-0.25, -0.2) is 9.59 Å². The smallest absolute Gasteiger partial charge is 0.326 e. The lowest BCUT2D eigenvalue weighted by atomic mass is 10.2. The Hall–Kier alpha value is -1.34. The second kappa shape index (κ2) is 6.41. The maximum Gasteiger partial charge on any atom is 0.326 e. The molecule has 1 heterocycles. The molecule has 2 rings (SSSR count). The van der Waals surface area contributed by atoms with Crippen LogP contribution < -0.4 is 5.32 Å². The topological polar surface area (TPSA) is 82.1 Å². The Balaban J connectivity index is 1.78. The van der Waals surface area contributed by atoms with Crippen molar-refractivity contribution in [2.75, 3.05) is 33.8 Å². The molecule has 0 aromatic carbocycles. The van der Waals surface area contributed by atoms with Gasteiger partial charge >= 0.3 is 12.0 Å². The van der Waals surface area contributed by atoms with E-state index in [1.165, 1.54) is 24.9 Å². The molecule has 0 spiro atoms. The fraction of sp³-hybridized carbons (Fsp3) is 0.846. The number of carboxylic acids is 1. The average molecular weight is 285 g/mol. The molecule has 1 aliphatic heterocycles. The number of carboxylic acid groups (broad SMARTS) is 1. The van der Waals surface area contributed by atoms with E-state index in [4.69, 9.17) is 9.84 Å². The number of rotatable bonds is 6. The van der Waals surface area contributed by atoms with Crippen molar-refractivity contribution in [1.29, 1.82) is 0 Å². The first-order chi connectivity index (χ1) is 9.52. The number of hydrogen-bond donors (Lipinski definition) is 2. The zero-order chi connectivity index (χ0) is 14.7. The molecule has 0 aromatic heterocycles. The van der Waals surface area contributed by atoms with Crippen molar-refractivity contribution in [1.82, 2.24) is 15.1 Å². The number of methoxy groups -OCH3 is 1. The van der Waals surface area contributed by atoms with Crippen LogP contribution in [0.25, 0.3) is 0 Å². The normalized spacial score (nSPS) is 26.1. The van der Waals surface area contributed by atoms with Crippen molar-refractivity contribution < 1.29 is 19.4 Å². The van der Waals surface area contributed by atoms with Gasteiger partial charge in [-0.3, -0.25) is 0 Å². The Morgan fingerprint density at radius 1 is 1.45 bits per heavy atom. The summed E-state index contributed by atoms with van der Waals surface area (Å²) in [7, 11) is 3.58. The van der Waals surface area contributed by atoms with Crippen LogP contribution in [0.4, 0.5) is 4.79 Å². The lowest BCUT2D eigenvalue weighted by Crippen LogP contribution is -2.47. The van der Waals surface area contributed by atoms with Gasteiger partial charge in [-0.2, -0.15) is 0 Å². The van der Waals surface area contributed by atoms with Crippen LogP contribution in [0.1, 0.15) is 19.3 Å². The highest BCUT2D eigenvalue weighted by molar-refractivity contribution is 5.83. The van der Waals surface area contributed by atoms with E-state index in [0.29, 0.717) is 25.6 Å². The Kier molecular flexibility index (Phi) is 4.82. The van der Waals surface area contributed by atoms with E-state index in [-0.39, 0.29) is 12.1 Å². The van der Waals surface area contributed by atoms with Gasteiger partial charge in [0.2, 0.25) is 0 Å². The molecular formula is C13H23N3O4. The third-order valence-corrected chi connectivity index (χ3v) is 4.05. The number of carbonyl (C=O) groups is 2. The van der Waals surface area contributed by atoms with E-state index in [2.05, 4.69) is 10.2 Å². The van der Waals surface area contributed by atoms with Gasteiger partial charge < -0.3 is 25.0 Å². The van der Waals surface area contributed by atoms with Gasteiger partial charge in [0.15, 0.2) is 0 Å². The van der Waals surface area contributed by atoms with E-state index in [1.54, 1.807) is 0 Å². The molecule has 2 unspecified atom stereocenters. The van der Waals surface area contributed by atoms with Gasteiger partial charge in [0.25, 0.3) is 0 Å². The lowest BCUT2D eigenvalue weighted by molar-refractivity contribution is -0.141. The van der Waals surface area contributed by atoms with Gasteiger partial charge in [0, 0.05) is 39.2 Å². The average Bonchev–Trinajstić information content (AvgIpc) is 3.16. The molecule has 2 atom stereocenters. The maximum atomic E-state index is 12.1. The van der Waals surface area contributed by atoms with Gasteiger partial charge in [-0.15, -0.1) is 0 Å². The number of amides is 2. The molecule has 0 radical (unpaired) electrons. The molecule has 0 aromatic rings. The third-order valence-electron chi connectivity index (χ3n) is 4.05. The SMILES string of the molecule is COC1CC(C(=O)O)N(C(=O)NCCN(C)C2CC2)C1. The van der Waals surface area contributed by atoms with Crippen LogP contribution in [0.2, 0.25) is 0 Å². The van der Waals surface area contributed by atoms with Gasteiger partial charge in [-0.1, -0.05) is 0 Å². The molecule has 0 bridgehead atoms. The van der Waals surface area contributed by atoms with Gasteiger partial charge in [0.05, 0.1) is 6.10 Å². The number of ether oxygens (including phenoxy) is 1. The van der Waals surface area contributed by atoms with Crippen LogP contribution in [0.15, 0.2) is 0 Å². The van der Waals surface area contributed by atoms with Crippen molar-refractivity contribution in [2.24, 2.45) is 0 Å². The van der Waals surface area contributed by atoms with Gasteiger partial charge in [-0.05, 0) is 19.9 Å². The first-order valence-corrected chi connectivity index (χ1v) is 7.03. The molecule has 2 aliphatic rings. The summed E-state index contributed by atoms with van der Waals surface area (Å²) in [5, 5.41) is 11.9. The Morgan fingerprint density at radius 2 is 2.15 bits per heavy atom. The first-order valence-electron chi connectivity index (χ1n) is 7.03. The molecule has 20 heavy (non-hydrogen) atoms. The van der Waals surface area contributed by atoms with E-state index in [0.717, 1.165) is 6.54 Å². The van der Waals surface area contributed by atoms with E-state index in [1.807, 2.05) is 7.05 Å². The van der Waals surface area contributed by atoms with Crippen molar-refractivity contribution in [2.45, 2.75) is 37.5 Å². The molecule has 114 valence electrons. The minimum atomic E-state index is -0.977. The number of carbonyl (C=O) groups excluding carboxylic acids is 1. The molecule has 2 N–H and O–H groups in total. The van der Waals surface area contributed by atoms with Crippen LogP contribution in [0.5, 0.6) is 0 Å². The van der Waals surface area contributed by atoms with Crippen LogP contribution in [-0.2, 0) is 9.53 Å². The predicted octanol–water partition coefficient (Wildman–Crippen LogP) is -0.0359. The highest BCUT2D eigenvalue weighted by atomic mass is 16.5. The quantitative estimate of drug-likeness (QED) is 0.716. The molecule has 7 heteroatoms. The molecule has 7 nitrogen and oxygen atoms in total. The lowest BCUT2D eigenvalue weighted by Gasteiger charge is -2.23. The maximum absolute atomic E-state index is 12.1. The third kappa shape index (κ3) is 3.61. The summed E-state index contributed by atoms with van der Waals surface area (Å²) in [4.78, 5) is 26.8. The first kappa shape index (κ1) is 15.1. The molecule has 1 saturated heterocycles. The summed E-state index contributed by atoms with van der Waals surface area (Å²) in [6.45, 7) is 1.65. The minimum Gasteiger partial charge on any atom is -0.480 e. The summed E-state index contributed by atoms with van der Waals surface area (Å²) in [5.41, 5.74) is 0. The van der Waals surface area contributed by atoms with E-state index < -0.39 is 12.0 Å². The second-order valence-corrected chi connectivity index (χ2v) is 5.54. The van der Waals surface area contributed by atoms with Crippen LogP contribution >= 0.6 is 0 Å². The van der Waals surface area contributed by atoms with E-state index >= 15 is 0 Å². The number of nitrogens with zero attached hydrogens (tertiary/aromatic N) is 2. The predicted molar refractivity (Wildman–Crippen MR) is 72.6 cm³/mol. The zero-order valence-corrected chi connectivity index (χ0v) is 12.0. The Bertz CT molecular complexity index is 373. The van der Waals surface area contributed by atoms with Crippen LogP contribution in [0.3, 0.4) is 0 Å². The molecule has 2 amide bonds. The van der Waals surface area contributed by atoms with Crippen molar-refractivity contribution in [3.05, 3.63) is 0 Å². The number of aliphatic carboxylic acids is 1. The van der Waals surface area contributed by atoms with Crippen molar-refractivity contribution in [3.8, 4) is 0 Å². The molecule has 2 fully saturated rings. The fourth-order valence-electron chi connectivity index (χ4n) is 2.57. The van der Waals surface area contributed by atoms with Crippen molar-refractivity contribution >= 4 is 12.0 Å². The highest BCUT2D eigenvalue weighted by Gasteiger charge is 2.39. The van der Waals surface area contributed by atoms with E-state index in [9.17, 15) is 9.59 Å². The monoisotopic (exact) mass is 285 g/mol. The van der Waals surface area contributed by atoms with Gasteiger partial charge in [0.1, 0.15) is 6.04 Å². The Labute approximate surface area is 118 Å². The van der Waals surface area contributed by atoms with Crippen LogP contribution in [0, 0.1) is 0 Å². The number of nitrogens with one attached hydrogen (secondary N) is 1. The Morgan fingerprint density at radius 3 is 2.70 bits per heavy atom. The number of hydrogen-bond acceptors (Lipinski definition) is 4. The molecule has 1 saturated carbocycles. The standard InChI is InChI=1S/C13H23N3O4/c1-15(9-3-4-9)6-5-14-13(19)16-8-10(20-2)7-11(16)12(17)18/h9-11H,3-8H2,1-2H3,(H,14,19)(H,17,18). The second-order valence-electron chi connectivity index (χ2n) is 5.54. The number of likely N-dealkylation sites (N-methyl/N-ethyl adjacent to an activating group) is 1.